The SMILES string of the molecule is Cc1[nH]ccc1C(=O)N(C)CCN(C)C1CCCC1.O=CO. The summed E-state index contributed by atoms with van der Waals surface area (Å²) in [4.78, 5) is 27.9. The summed E-state index contributed by atoms with van der Waals surface area (Å²) in [5.74, 6) is 0.110. The molecule has 1 saturated carbocycles. The summed E-state index contributed by atoms with van der Waals surface area (Å²) in [6.07, 6.45) is 7.15. The number of carbonyl (C=O) groups excluding carboxylic acids is 1. The zero-order chi connectivity index (χ0) is 16.5. The summed E-state index contributed by atoms with van der Waals surface area (Å²) < 4.78 is 0. The summed E-state index contributed by atoms with van der Waals surface area (Å²) >= 11 is 0. The Morgan fingerprint density at radius 2 is 1.95 bits per heavy atom. The number of nitrogens with one attached hydrogen (secondary N) is 1. The number of rotatable bonds is 5. The molecule has 0 atom stereocenters. The Labute approximate surface area is 132 Å². The number of amides is 1. The molecule has 1 fully saturated rings. The van der Waals surface area contributed by atoms with E-state index < -0.39 is 0 Å². The van der Waals surface area contributed by atoms with Gasteiger partial charge in [0.1, 0.15) is 0 Å². The first-order chi connectivity index (χ1) is 10.5. The molecule has 1 aromatic heterocycles. The normalized spacial score (nSPS) is 14.5. The van der Waals surface area contributed by atoms with Crippen molar-refractivity contribution in [3.05, 3.63) is 23.5 Å². The van der Waals surface area contributed by atoms with Crippen LogP contribution in [0.15, 0.2) is 12.3 Å². The number of nitrogens with zero attached hydrogens (tertiary/aromatic N) is 2. The van der Waals surface area contributed by atoms with E-state index >= 15 is 0 Å². The average Bonchev–Trinajstić information content (AvgIpc) is 3.15. The third-order valence-corrected chi connectivity index (χ3v) is 4.27. The fourth-order valence-electron chi connectivity index (χ4n) is 2.83. The monoisotopic (exact) mass is 309 g/mol. The highest BCUT2D eigenvalue weighted by molar-refractivity contribution is 5.95. The third kappa shape index (κ3) is 5.18. The lowest BCUT2D eigenvalue weighted by Crippen LogP contribution is -2.38. The zero-order valence-electron chi connectivity index (χ0n) is 13.7. The lowest BCUT2D eigenvalue weighted by Gasteiger charge is -2.26. The van der Waals surface area contributed by atoms with Crippen LogP contribution in [0.5, 0.6) is 0 Å². The Morgan fingerprint density at radius 1 is 1.36 bits per heavy atom. The third-order valence-electron chi connectivity index (χ3n) is 4.27. The van der Waals surface area contributed by atoms with Crippen LogP contribution in [-0.4, -0.2) is 65.5 Å². The number of carbonyl (C=O) groups is 2. The Kier molecular flexibility index (Phi) is 7.66. The van der Waals surface area contributed by atoms with Crippen LogP contribution >= 0.6 is 0 Å². The first-order valence-electron chi connectivity index (χ1n) is 7.68. The van der Waals surface area contributed by atoms with Crippen LogP contribution in [0.3, 0.4) is 0 Å². The van der Waals surface area contributed by atoms with E-state index in [0.717, 1.165) is 30.4 Å². The number of aromatic nitrogens is 1. The largest absolute Gasteiger partial charge is 0.483 e. The molecular weight excluding hydrogens is 282 g/mol. The lowest BCUT2D eigenvalue weighted by atomic mass is 10.2. The minimum atomic E-state index is -0.250. The van der Waals surface area contributed by atoms with E-state index in [0.29, 0.717) is 0 Å². The van der Waals surface area contributed by atoms with Gasteiger partial charge < -0.3 is 19.9 Å². The van der Waals surface area contributed by atoms with Crippen LogP contribution in [0.25, 0.3) is 0 Å². The number of likely N-dealkylation sites (N-methyl/N-ethyl adjacent to an activating group) is 2. The highest BCUT2D eigenvalue weighted by Gasteiger charge is 2.20. The molecule has 0 bridgehead atoms. The molecule has 2 rings (SSSR count). The van der Waals surface area contributed by atoms with Gasteiger partial charge >= 0.3 is 0 Å². The van der Waals surface area contributed by atoms with Crippen molar-refractivity contribution in [2.75, 3.05) is 27.2 Å². The molecule has 0 radical (unpaired) electrons. The summed E-state index contributed by atoms with van der Waals surface area (Å²) in [5, 5.41) is 6.89. The van der Waals surface area contributed by atoms with Crippen LogP contribution in [0.2, 0.25) is 0 Å². The van der Waals surface area contributed by atoms with Crippen molar-refractivity contribution in [2.45, 2.75) is 38.6 Å². The quantitative estimate of drug-likeness (QED) is 0.815. The molecule has 0 spiro atoms. The zero-order valence-corrected chi connectivity index (χ0v) is 13.7. The summed E-state index contributed by atoms with van der Waals surface area (Å²) in [6.45, 7) is 3.43. The number of H-pyrrole nitrogens is 1. The second-order valence-electron chi connectivity index (χ2n) is 5.77. The van der Waals surface area contributed by atoms with Gasteiger partial charge in [0.25, 0.3) is 12.4 Å². The van der Waals surface area contributed by atoms with Crippen LogP contribution in [0.1, 0.15) is 41.7 Å². The van der Waals surface area contributed by atoms with Gasteiger partial charge in [-0.05, 0) is 32.9 Å². The molecule has 1 heterocycles. The number of aryl methyl sites for hydroxylation is 1. The standard InChI is InChI=1S/C15H25N3O.CH2O2/c1-12-14(8-9-16-12)15(19)18(3)11-10-17(2)13-6-4-5-7-13;2-1-3/h8-9,13,16H,4-7,10-11H2,1-3H3;1H,(H,2,3). The molecule has 0 aliphatic heterocycles. The van der Waals surface area contributed by atoms with Crippen molar-refractivity contribution >= 4 is 12.4 Å². The number of hydrogen-bond acceptors (Lipinski definition) is 3. The summed E-state index contributed by atoms with van der Waals surface area (Å²) in [6, 6.07) is 2.58. The fraction of sp³-hybridized carbons (Fsp3) is 0.625. The molecule has 6 heteroatoms. The Morgan fingerprint density at radius 3 is 2.45 bits per heavy atom. The van der Waals surface area contributed by atoms with E-state index in [1.807, 2.05) is 31.1 Å². The maximum absolute atomic E-state index is 12.2. The predicted octanol–water partition coefficient (Wildman–Crippen LogP) is 1.97. The second-order valence-corrected chi connectivity index (χ2v) is 5.77. The van der Waals surface area contributed by atoms with Gasteiger partial charge in [-0.3, -0.25) is 9.59 Å². The van der Waals surface area contributed by atoms with Crippen molar-refractivity contribution in [2.24, 2.45) is 0 Å². The summed E-state index contributed by atoms with van der Waals surface area (Å²) in [5.41, 5.74) is 1.73. The maximum atomic E-state index is 12.2. The molecule has 1 aliphatic rings. The molecule has 124 valence electrons. The first kappa shape index (κ1) is 18.2. The number of aromatic amines is 1. The Hall–Kier alpha value is -1.82. The smallest absolute Gasteiger partial charge is 0.290 e. The minimum absolute atomic E-state index is 0.110. The number of carboxylic acid groups (broad SMARTS) is 1. The molecular formula is C16H27N3O3. The molecule has 22 heavy (non-hydrogen) atoms. The van der Waals surface area contributed by atoms with E-state index in [1.165, 1.54) is 25.7 Å². The van der Waals surface area contributed by atoms with E-state index in [-0.39, 0.29) is 12.4 Å². The van der Waals surface area contributed by atoms with Crippen LogP contribution in [0.4, 0.5) is 0 Å². The molecule has 2 N–H and O–H groups in total. The van der Waals surface area contributed by atoms with Crippen LogP contribution < -0.4 is 0 Å². The molecule has 1 aliphatic carbocycles. The second kappa shape index (κ2) is 9.25. The van der Waals surface area contributed by atoms with Gasteiger partial charge in [0.2, 0.25) is 0 Å². The van der Waals surface area contributed by atoms with E-state index in [2.05, 4.69) is 16.9 Å². The molecule has 0 unspecified atom stereocenters. The van der Waals surface area contributed by atoms with Crippen molar-refractivity contribution in [3.63, 3.8) is 0 Å². The van der Waals surface area contributed by atoms with Gasteiger partial charge in [-0.25, -0.2) is 0 Å². The predicted molar refractivity (Wildman–Crippen MR) is 86.1 cm³/mol. The van der Waals surface area contributed by atoms with Crippen molar-refractivity contribution in [1.29, 1.82) is 0 Å². The van der Waals surface area contributed by atoms with Gasteiger partial charge in [-0.15, -0.1) is 0 Å². The van der Waals surface area contributed by atoms with Gasteiger partial charge in [0.15, 0.2) is 0 Å². The topological polar surface area (TPSA) is 76.6 Å². The number of hydrogen-bond donors (Lipinski definition) is 2. The highest BCUT2D eigenvalue weighted by Crippen LogP contribution is 2.22. The minimum Gasteiger partial charge on any atom is -0.483 e. The molecule has 6 nitrogen and oxygen atoms in total. The van der Waals surface area contributed by atoms with Crippen LogP contribution in [0, 0.1) is 6.92 Å². The van der Waals surface area contributed by atoms with Crippen molar-refractivity contribution in [1.82, 2.24) is 14.8 Å². The molecule has 1 aromatic rings. The molecule has 0 aromatic carbocycles. The van der Waals surface area contributed by atoms with E-state index in [4.69, 9.17) is 9.90 Å². The average molecular weight is 309 g/mol. The highest BCUT2D eigenvalue weighted by atomic mass is 16.3. The van der Waals surface area contributed by atoms with Gasteiger partial charge in [0.05, 0.1) is 5.56 Å². The summed E-state index contributed by atoms with van der Waals surface area (Å²) in [7, 11) is 4.06. The van der Waals surface area contributed by atoms with Crippen molar-refractivity contribution < 1.29 is 14.7 Å². The van der Waals surface area contributed by atoms with E-state index in [1.54, 1.807) is 0 Å². The lowest BCUT2D eigenvalue weighted by molar-refractivity contribution is -0.122. The molecule has 1 amide bonds. The van der Waals surface area contributed by atoms with Crippen LogP contribution in [-0.2, 0) is 4.79 Å². The maximum Gasteiger partial charge on any atom is 0.290 e. The van der Waals surface area contributed by atoms with Crippen molar-refractivity contribution in [3.8, 4) is 0 Å². The Balaban J connectivity index is 0.000000745. The molecule has 0 saturated heterocycles. The van der Waals surface area contributed by atoms with E-state index in [9.17, 15) is 4.79 Å². The fourth-order valence-corrected chi connectivity index (χ4v) is 2.83. The first-order valence-corrected chi connectivity index (χ1v) is 7.68. The van der Waals surface area contributed by atoms with Gasteiger partial charge in [0, 0.05) is 38.1 Å². The Bertz CT molecular complexity index is 467. The van der Waals surface area contributed by atoms with Gasteiger partial charge in [-0.2, -0.15) is 0 Å². The van der Waals surface area contributed by atoms with Gasteiger partial charge in [-0.1, -0.05) is 12.8 Å².